The molecule has 4 rings (SSSR count). The van der Waals surface area contributed by atoms with E-state index in [1.54, 1.807) is 8.61 Å². The van der Waals surface area contributed by atoms with Crippen LogP contribution in [0.4, 0.5) is 0 Å². The summed E-state index contributed by atoms with van der Waals surface area (Å²) in [6.07, 6.45) is 3.78. The fourth-order valence-corrected chi connectivity index (χ4v) is 5.41. The molecule has 134 valence electrons. The molecule has 2 aliphatic heterocycles. The van der Waals surface area contributed by atoms with Crippen LogP contribution in [0.15, 0.2) is 36.5 Å². The third-order valence-electron chi connectivity index (χ3n) is 5.16. The van der Waals surface area contributed by atoms with E-state index in [9.17, 15) is 8.42 Å². The van der Waals surface area contributed by atoms with E-state index in [0.29, 0.717) is 26.2 Å². The lowest BCUT2D eigenvalue weighted by atomic mass is 10.1. The van der Waals surface area contributed by atoms with Gasteiger partial charge in [0.15, 0.2) is 0 Å². The minimum Gasteiger partial charge on any atom is -0.296 e. The van der Waals surface area contributed by atoms with Crippen molar-refractivity contribution >= 4 is 21.1 Å². The Hall–Kier alpha value is -1.54. The van der Waals surface area contributed by atoms with E-state index in [1.165, 1.54) is 5.56 Å². The van der Waals surface area contributed by atoms with Crippen LogP contribution in [0.3, 0.4) is 0 Å². The summed E-state index contributed by atoms with van der Waals surface area (Å²) in [6.45, 7) is 4.81. The molecule has 6 nitrogen and oxygen atoms in total. The molecule has 1 aromatic carbocycles. The first-order chi connectivity index (χ1) is 12.1. The lowest BCUT2D eigenvalue weighted by molar-refractivity contribution is 0.176. The monoisotopic (exact) mass is 360 g/mol. The Balaban J connectivity index is 1.42. The summed E-state index contributed by atoms with van der Waals surface area (Å²) in [5, 5.41) is 1.15. The number of fused-ring (bicyclic) bond motifs is 1. The third kappa shape index (κ3) is 3.42. The van der Waals surface area contributed by atoms with Gasteiger partial charge in [0.05, 0.1) is 5.52 Å². The molecule has 0 spiro atoms. The molecule has 0 bridgehead atoms. The molecule has 2 fully saturated rings. The molecule has 0 N–H and O–H groups in total. The van der Waals surface area contributed by atoms with Gasteiger partial charge in [0.25, 0.3) is 10.2 Å². The molecule has 2 saturated heterocycles. The van der Waals surface area contributed by atoms with Crippen molar-refractivity contribution in [2.24, 2.45) is 0 Å². The van der Waals surface area contributed by atoms with Crippen molar-refractivity contribution in [2.45, 2.75) is 19.4 Å². The topological polar surface area (TPSA) is 56.8 Å². The molecule has 0 saturated carbocycles. The molecule has 0 radical (unpaired) electrons. The zero-order chi connectivity index (χ0) is 17.3. The molecule has 2 aromatic rings. The highest BCUT2D eigenvalue weighted by molar-refractivity contribution is 7.86. The van der Waals surface area contributed by atoms with Gasteiger partial charge >= 0.3 is 0 Å². The summed E-state index contributed by atoms with van der Waals surface area (Å²) in [7, 11) is -3.27. The molecule has 0 amide bonds. The standard InChI is InChI=1S/C18H24N4O2S/c23-25(24,21-9-1-2-10-21)22-13-11-20(12-14-22)15-17-6-3-5-16-7-4-8-19-18(16)17/h3-8H,1-2,9-15H2. The molecule has 2 aliphatic rings. The van der Waals surface area contributed by atoms with Gasteiger partial charge in [-0.2, -0.15) is 17.0 Å². The van der Waals surface area contributed by atoms with Crippen LogP contribution in [-0.2, 0) is 16.8 Å². The average Bonchev–Trinajstić information content (AvgIpc) is 3.18. The first kappa shape index (κ1) is 16.9. The van der Waals surface area contributed by atoms with Gasteiger partial charge in [0.1, 0.15) is 0 Å². The van der Waals surface area contributed by atoms with Gasteiger partial charge < -0.3 is 0 Å². The highest BCUT2D eigenvalue weighted by atomic mass is 32.2. The SMILES string of the molecule is O=S(=O)(N1CCCC1)N1CCN(Cc2cccc3cccnc23)CC1. The third-order valence-corrected chi connectivity index (χ3v) is 7.19. The van der Waals surface area contributed by atoms with Gasteiger partial charge in [-0.15, -0.1) is 0 Å². The van der Waals surface area contributed by atoms with Crippen LogP contribution < -0.4 is 0 Å². The van der Waals surface area contributed by atoms with E-state index in [4.69, 9.17) is 0 Å². The number of aromatic nitrogens is 1. The van der Waals surface area contributed by atoms with Crippen molar-refractivity contribution in [2.75, 3.05) is 39.3 Å². The molecule has 7 heteroatoms. The number of piperazine rings is 1. The summed E-state index contributed by atoms with van der Waals surface area (Å²) in [6, 6.07) is 10.3. The van der Waals surface area contributed by atoms with E-state index in [1.807, 2.05) is 12.3 Å². The van der Waals surface area contributed by atoms with Crippen molar-refractivity contribution in [1.82, 2.24) is 18.5 Å². The minimum absolute atomic E-state index is 0.566. The molecular formula is C18H24N4O2S. The Morgan fingerprint density at radius 3 is 2.32 bits per heavy atom. The Morgan fingerprint density at radius 1 is 0.880 bits per heavy atom. The van der Waals surface area contributed by atoms with Crippen LogP contribution in [0.1, 0.15) is 18.4 Å². The molecule has 0 unspecified atom stereocenters. The van der Waals surface area contributed by atoms with Crippen molar-refractivity contribution < 1.29 is 8.42 Å². The number of nitrogens with zero attached hydrogens (tertiary/aromatic N) is 4. The Labute approximate surface area is 149 Å². The van der Waals surface area contributed by atoms with Gasteiger partial charge in [-0.05, 0) is 24.5 Å². The van der Waals surface area contributed by atoms with E-state index < -0.39 is 10.2 Å². The lowest BCUT2D eigenvalue weighted by Crippen LogP contribution is -2.52. The van der Waals surface area contributed by atoms with Crippen molar-refractivity contribution in [3.05, 3.63) is 42.1 Å². The van der Waals surface area contributed by atoms with Gasteiger partial charge in [0.2, 0.25) is 0 Å². The molecule has 25 heavy (non-hydrogen) atoms. The van der Waals surface area contributed by atoms with E-state index in [2.05, 4.69) is 34.1 Å². The zero-order valence-electron chi connectivity index (χ0n) is 14.3. The second-order valence-electron chi connectivity index (χ2n) is 6.78. The van der Waals surface area contributed by atoms with Gasteiger partial charge in [-0.25, -0.2) is 0 Å². The van der Waals surface area contributed by atoms with E-state index >= 15 is 0 Å². The first-order valence-corrected chi connectivity index (χ1v) is 10.3. The summed E-state index contributed by atoms with van der Waals surface area (Å²) >= 11 is 0. The summed E-state index contributed by atoms with van der Waals surface area (Å²) in [5.41, 5.74) is 2.24. The fourth-order valence-electron chi connectivity index (χ4n) is 3.74. The molecule has 0 aliphatic carbocycles. The van der Waals surface area contributed by atoms with Crippen LogP contribution in [-0.4, -0.2) is 66.2 Å². The van der Waals surface area contributed by atoms with Crippen LogP contribution in [0.2, 0.25) is 0 Å². The largest absolute Gasteiger partial charge is 0.296 e. The highest BCUT2D eigenvalue weighted by Gasteiger charge is 2.33. The average molecular weight is 360 g/mol. The van der Waals surface area contributed by atoms with Gasteiger partial charge in [-0.1, -0.05) is 24.3 Å². The summed E-state index contributed by atoms with van der Waals surface area (Å²) < 4.78 is 28.6. The number of benzene rings is 1. The number of rotatable bonds is 4. The summed E-state index contributed by atoms with van der Waals surface area (Å²) in [4.78, 5) is 6.83. The smallest absolute Gasteiger partial charge is 0.282 e. The molecule has 1 aromatic heterocycles. The van der Waals surface area contributed by atoms with Crippen molar-refractivity contribution in [3.8, 4) is 0 Å². The number of hydrogen-bond donors (Lipinski definition) is 0. The van der Waals surface area contributed by atoms with E-state index in [0.717, 1.165) is 43.4 Å². The molecule has 3 heterocycles. The second-order valence-corrected chi connectivity index (χ2v) is 8.71. The van der Waals surface area contributed by atoms with Crippen LogP contribution in [0.5, 0.6) is 0 Å². The predicted octanol–water partition coefficient (Wildman–Crippen LogP) is 1.69. The summed E-state index contributed by atoms with van der Waals surface area (Å²) in [5.74, 6) is 0. The quantitative estimate of drug-likeness (QED) is 0.833. The van der Waals surface area contributed by atoms with Gasteiger partial charge in [-0.3, -0.25) is 9.88 Å². The second kappa shape index (κ2) is 6.99. The fraction of sp³-hybridized carbons (Fsp3) is 0.500. The lowest BCUT2D eigenvalue weighted by Gasteiger charge is -2.35. The minimum atomic E-state index is -3.27. The van der Waals surface area contributed by atoms with Crippen LogP contribution in [0, 0.1) is 0 Å². The highest BCUT2D eigenvalue weighted by Crippen LogP contribution is 2.21. The predicted molar refractivity (Wildman–Crippen MR) is 98.3 cm³/mol. The number of hydrogen-bond acceptors (Lipinski definition) is 4. The Morgan fingerprint density at radius 2 is 1.56 bits per heavy atom. The zero-order valence-corrected chi connectivity index (χ0v) is 15.2. The van der Waals surface area contributed by atoms with Crippen molar-refractivity contribution in [3.63, 3.8) is 0 Å². The molecule has 0 atom stereocenters. The van der Waals surface area contributed by atoms with Crippen LogP contribution >= 0.6 is 0 Å². The Kier molecular flexibility index (Phi) is 4.73. The maximum Gasteiger partial charge on any atom is 0.282 e. The number of pyridine rings is 1. The van der Waals surface area contributed by atoms with Crippen molar-refractivity contribution in [1.29, 1.82) is 0 Å². The maximum atomic E-state index is 12.7. The van der Waals surface area contributed by atoms with Crippen LogP contribution in [0.25, 0.3) is 10.9 Å². The normalized spacial score (nSPS) is 21.1. The molecular weight excluding hydrogens is 336 g/mol. The Bertz CT molecular complexity index is 836. The number of para-hydroxylation sites is 1. The maximum absolute atomic E-state index is 12.7. The van der Waals surface area contributed by atoms with Gasteiger partial charge in [0, 0.05) is 57.4 Å². The van der Waals surface area contributed by atoms with E-state index in [-0.39, 0.29) is 0 Å². The first-order valence-electron chi connectivity index (χ1n) is 8.95.